The molecule has 3 aromatic rings. The van der Waals surface area contributed by atoms with Crippen LogP contribution in [0.4, 0.5) is 4.39 Å². The lowest BCUT2D eigenvalue weighted by atomic mass is 9.86. The van der Waals surface area contributed by atoms with Gasteiger partial charge in [-0.05, 0) is 31.0 Å². The van der Waals surface area contributed by atoms with Crippen molar-refractivity contribution in [1.29, 1.82) is 0 Å². The van der Waals surface area contributed by atoms with Gasteiger partial charge in [0.25, 0.3) is 5.56 Å². The van der Waals surface area contributed by atoms with Gasteiger partial charge in [0, 0.05) is 29.1 Å². The number of ether oxygens (including phenoxy) is 2. The number of nitrogens with one attached hydrogen (secondary N) is 2. The molecule has 0 saturated heterocycles. The number of hydrogen-bond acceptors (Lipinski definition) is 9. The predicted molar refractivity (Wildman–Crippen MR) is 149 cm³/mol. The van der Waals surface area contributed by atoms with Gasteiger partial charge in [-0.25, -0.2) is 14.2 Å². The summed E-state index contributed by atoms with van der Waals surface area (Å²) in [5.74, 6) is -2.28. The number of halogens is 2. The van der Waals surface area contributed by atoms with Crippen molar-refractivity contribution in [2.75, 3.05) is 13.3 Å². The highest BCUT2D eigenvalue weighted by atomic mass is 35.5. The standard InChI is InChI=1S/C28H29ClFN5O7/c1-3-28(40)18-6-22-25-16(10-35(22)26(38)17(18)11-41-27(28)39)15(14-5-19(29)20(30)7-21(14)34-25)9-32-23(36)4-13(2)42-12-33-24(37)8-31/h5-7,13,40H,3-4,8-12,31H2,1-2H3,(H,32,36)(H,33,37)/t13-,28-/m0/s1. The number of fused-ring (bicyclic) bond motifs is 5. The first-order chi connectivity index (χ1) is 20.0. The van der Waals surface area contributed by atoms with Gasteiger partial charge in [-0.3, -0.25) is 14.4 Å². The molecule has 2 amide bonds. The monoisotopic (exact) mass is 601 g/mol. The summed E-state index contributed by atoms with van der Waals surface area (Å²) in [6.45, 7) is 2.81. The van der Waals surface area contributed by atoms with Gasteiger partial charge in [-0.2, -0.15) is 0 Å². The summed E-state index contributed by atoms with van der Waals surface area (Å²) in [6.07, 6.45) is -0.555. The Balaban J connectivity index is 1.50. The Kier molecular flexibility index (Phi) is 8.03. The number of nitrogens with zero attached hydrogens (tertiary/aromatic N) is 2. The fourth-order valence-electron chi connectivity index (χ4n) is 5.27. The van der Waals surface area contributed by atoms with E-state index >= 15 is 0 Å². The maximum atomic E-state index is 14.5. The SMILES string of the molecule is CC[C@@]1(O)C(=O)OCc2c1cc1n(c2=O)Cc2c-1nc1cc(F)c(Cl)cc1c2CNC(=O)C[C@H](C)OCNC(=O)CN. The van der Waals surface area contributed by atoms with Crippen molar-refractivity contribution in [3.8, 4) is 11.4 Å². The quantitative estimate of drug-likeness (QED) is 0.163. The molecule has 2 aliphatic heterocycles. The lowest BCUT2D eigenvalue weighted by molar-refractivity contribution is -0.172. The van der Waals surface area contributed by atoms with E-state index < -0.39 is 29.1 Å². The number of aromatic nitrogens is 2. The van der Waals surface area contributed by atoms with E-state index in [-0.39, 0.29) is 79.3 Å². The van der Waals surface area contributed by atoms with Gasteiger partial charge in [0.15, 0.2) is 5.60 Å². The number of esters is 1. The zero-order valence-corrected chi connectivity index (χ0v) is 23.6. The van der Waals surface area contributed by atoms with Gasteiger partial charge < -0.3 is 35.5 Å². The summed E-state index contributed by atoms with van der Waals surface area (Å²) in [5.41, 5.74) is 5.25. The maximum absolute atomic E-state index is 14.5. The van der Waals surface area contributed by atoms with Crippen molar-refractivity contribution < 1.29 is 33.4 Å². The number of rotatable bonds is 9. The third-order valence-electron chi connectivity index (χ3n) is 7.61. The lowest BCUT2D eigenvalue weighted by Gasteiger charge is -2.31. The zero-order valence-electron chi connectivity index (χ0n) is 22.9. The van der Waals surface area contributed by atoms with Crippen LogP contribution in [0.3, 0.4) is 0 Å². The molecular formula is C28H29ClFN5O7. The van der Waals surface area contributed by atoms with Gasteiger partial charge in [0.1, 0.15) is 19.2 Å². The number of cyclic esters (lactones) is 1. The Morgan fingerprint density at radius 1 is 1.26 bits per heavy atom. The van der Waals surface area contributed by atoms with Gasteiger partial charge in [-0.15, -0.1) is 0 Å². The largest absolute Gasteiger partial charge is 0.458 e. The molecule has 0 radical (unpaired) electrons. The lowest BCUT2D eigenvalue weighted by Crippen LogP contribution is -2.44. The van der Waals surface area contributed by atoms with E-state index in [0.717, 1.165) is 0 Å². The molecule has 2 atom stereocenters. The first-order valence-electron chi connectivity index (χ1n) is 13.3. The highest BCUT2D eigenvalue weighted by molar-refractivity contribution is 6.31. The van der Waals surface area contributed by atoms with E-state index in [9.17, 15) is 28.7 Å². The van der Waals surface area contributed by atoms with Crippen LogP contribution in [0.15, 0.2) is 23.0 Å². The van der Waals surface area contributed by atoms with Crippen LogP contribution >= 0.6 is 11.6 Å². The van der Waals surface area contributed by atoms with Crippen LogP contribution in [0, 0.1) is 5.82 Å². The van der Waals surface area contributed by atoms with Crippen LogP contribution in [0.1, 0.15) is 48.9 Å². The molecule has 4 heterocycles. The number of aliphatic hydroxyl groups is 1. The second kappa shape index (κ2) is 11.4. The molecule has 42 heavy (non-hydrogen) atoms. The van der Waals surface area contributed by atoms with E-state index in [2.05, 4.69) is 15.6 Å². The highest BCUT2D eigenvalue weighted by Crippen LogP contribution is 2.40. The van der Waals surface area contributed by atoms with E-state index in [4.69, 9.17) is 26.8 Å². The fraction of sp³-hybridized carbons (Fsp3) is 0.393. The minimum atomic E-state index is -2.00. The summed E-state index contributed by atoms with van der Waals surface area (Å²) in [5, 5.41) is 16.8. The molecule has 2 aliphatic rings. The fourth-order valence-corrected chi connectivity index (χ4v) is 5.44. The minimum absolute atomic E-state index is 0.00171. The second-order valence-corrected chi connectivity index (χ2v) is 10.6. The molecule has 0 saturated carbocycles. The molecule has 222 valence electrons. The summed E-state index contributed by atoms with van der Waals surface area (Å²) in [6, 6.07) is 4.15. The maximum Gasteiger partial charge on any atom is 0.343 e. The summed E-state index contributed by atoms with van der Waals surface area (Å²) < 4.78 is 26.5. The van der Waals surface area contributed by atoms with Crippen molar-refractivity contribution in [2.45, 2.75) is 58.1 Å². The number of carbonyl (C=O) groups is 3. The van der Waals surface area contributed by atoms with Crippen LogP contribution in [0.2, 0.25) is 5.02 Å². The number of benzene rings is 1. The highest BCUT2D eigenvalue weighted by Gasteiger charge is 2.45. The molecule has 2 aromatic heterocycles. The van der Waals surface area contributed by atoms with Crippen molar-refractivity contribution in [3.63, 3.8) is 0 Å². The smallest absolute Gasteiger partial charge is 0.343 e. The number of nitrogens with two attached hydrogens (primary N) is 1. The number of amides is 2. The molecule has 14 heteroatoms. The normalized spacial score (nSPS) is 17.7. The Morgan fingerprint density at radius 2 is 2.02 bits per heavy atom. The van der Waals surface area contributed by atoms with Crippen LogP contribution in [0.25, 0.3) is 22.3 Å². The second-order valence-electron chi connectivity index (χ2n) is 10.2. The van der Waals surface area contributed by atoms with Crippen LogP contribution in [-0.4, -0.2) is 51.8 Å². The van der Waals surface area contributed by atoms with E-state index in [1.165, 1.54) is 16.7 Å². The van der Waals surface area contributed by atoms with Gasteiger partial charge in [0.2, 0.25) is 11.8 Å². The Labute approximate surface area is 243 Å². The average molecular weight is 602 g/mol. The molecule has 0 bridgehead atoms. The summed E-state index contributed by atoms with van der Waals surface area (Å²) >= 11 is 6.11. The van der Waals surface area contributed by atoms with Crippen LogP contribution in [0.5, 0.6) is 0 Å². The van der Waals surface area contributed by atoms with E-state index in [1.54, 1.807) is 19.9 Å². The molecule has 5 N–H and O–H groups in total. The van der Waals surface area contributed by atoms with Crippen molar-refractivity contribution in [1.82, 2.24) is 20.2 Å². The zero-order chi connectivity index (χ0) is 30.3. The van der Waals surface area contributed by atoms with Crippen molar-refractivity contribution in [2.24, 2.45) is 5.73 Å². The Hall–Kier alpha value is -3.91. The van der Waals surface area contributed by atoms with Gasteiger partial charge in [-0.1, -0.05) is 18.5 Å². The first-order valence-corrected chi connectivity index (χ1v) is 13.7. The van der Waals surface area contributed by atoms with Crippen molar-refractivity contribution >= 4 is 40.3 Å². The molecule has 12 nitrogen and oxygen atoms in total. The molecule has 1 aromatic carbocycles. The molecule has 0 unspecified atom stereocenters. The molecule has 0 fully saturated rings. The Morgan fingerprint density at radius 3 is 2.74 bits per heavy atom. The van der Waals surface area contributed by atoms with E-state index in [0.29, 0.717) is 27.9 Å². The summed E-state index contributed by atoms with van der Waals surface area (Å²) in [4.78, 5) is 54.7. The van der Waals surface area contributed by atoms with E-state index in [1.807, 2.05) is 0 Å². The number of hydrogen-bond donors (Lipinski definition) is 4. The number of pyridine rings is 2. The number of carbonyl (C=O) groups excluding carboxylic acids is 3. The third-order valence-corrected chi connectivity index (χ3v) is 7.90. The van der Waals surface area contributed by atoms with Gasteiger partial charge >= 0.3 is 5.97 Å². The first kappa shape index (κ1) is 29.6. The van der Waals surface area contributed by atoms with Crippen LogP contribution < -0.4 is 21.9 Å². The minimum Gasteiger partial charge on any atom is -0.458 e. The predicted octanol–water partition coefficient (Wildman–Crippen LogP) is 1.32. The molecular weight excluding hydrogens is 573 g/mol. The third kappa shape index (κ3) is 5.13. The molecule has 0 spiro atoms. The topological polar surface area (TPSA) is 175 Å². The molecule has 0 aliphatic carbocycles. The molecule has 5 rings (SSSR count). The summed E-state index contributed by atoms with van der Waals surface area (Å²) in [7, 11) is 0. The van der Waals surface area contributed by atoms with Crippen molar-refractivity contribution in [3.05, 3.63) is 61.6 Å². The Bertz CT molecular complexity index is 1690. The van der Waals surface area contributed by atoms with Gasteiger partial charge in [0.05, 0.1) is 53.1 Å². The van der Waals surface area contributed by atoms with Crippen LogP contribution in [-0.2, 0) is 49.2 Å². The average Bonchev–Trinajstić information content (AvgIpc) is 3.32.